The zero-order valence-corrected chi connectivity index (χ0v) is 5.70. The molecule has 0 radical (unpaired) electrons. The van der Waals surface area contributed by atoms with E-state index in [9.17, 15) is 0 Å². The van der Waals surface area contributed by atoms with E-state index >= 15 is 0 Å². The average molecular weight is 141 g/mol. The van der Waals surface area contributed by atoms with E-state index in [1.807, 2.05) is 0 Å². The Labute approximate surface area is 59.6 Å². The van der Waals surface area contributed by atoms with Gasteiger partial charge >= 0.3 is 0 Å². The predicted molar refractivity (Wildman–Crippen MR) is 39.8 cm³/mol. The number of hydrogen-bond donors (Lipinski definition) is 2. The second kappa shape index (κ2) is 3.87. The van der Waals surface area contributed by atoms with Gasteiger partial charge < -0.3 is 10.5 Å². The van der Waals surface area contributed by atoms with Crippen LogP contribution in [0.5, 0.6) is 0 Å². The van der Waals surface area contributed by atoms with Crippen LogP contribution in [-0.4, -0.2) is 30.3 Å². The number of aliphatic imine (C=N–C) groups is 1. The molecule has 1 atom stereocenters. The highest BCUT2D eigenvalue weighted by Gasteiger charge is 2.04. The molecule has 1 unspecified atom stereocenters. The van der Waals surface area contributed by atoms with E-state index in [-0.39, 0.29) is 6.04 Å². The molecule has 0 amide bonds. The minimum Gasteiger partial charge on any atom is -0.411 e. The SMILES string of the molecule is O/N=C\C1CCCN=CN1. The van der Waals surface area contributed by atoms with Gasteiger partial charge in [0.15, 0.2) is 0 Å². The summed E-state index contributed by atoms with van der Waals surface area (Å²) in [6, 6.07) is 0.149. The van der Waals surface area contributed by atoms with Gasteiger partial charge in [-0.3, -0.25) is 4.99 Å². The maximum atomic E-state index is 8.20. The van der Waals surface area contributed by atoms with E-state index in [0.717, 1.165) is 19.4 Å². The highest BCUT2D eigenvalue weighted by Crippen LogP contribution is 1.97. The molecule has 0 aromatic rings. The van der Waals surface area contributed by atoms with Crippen molar-refractivity contribution in [3.63, 3.8) is 0 Å². The van der Waals surface area contributed by atoms with Crippen molar-refractivity contribution >= 4 is 12.6 Å². The summed E-state index contributed by atoms with van der Waals surface area (Å²) in [7, 11) is 0. The zero-order chi connectivity index (χ0) is 7.23. The summed E-state index contributed by atoms with van der Waals surface area (Å²) >= 11 is 0. The zero-order valence-electron chi connectivity index (χ0n) is 5.70. The molecule has 2 N–H and O–H groups in total. The van der Waals surface area contributed by atoms with Crippen molar-refractivity contribution in [1.82, 2.24) is 5.32 Å². The lowest BCUT2D eigenvalue weighted by Crippen LogP contribution is -2.27. The summed E-state index contributed by atoms with van der Waals surface area (Å²) in [5, 5.41) is 14.1. The molecule has 56 valence electrons. The molecule has 1 rings (SSSR count). The highest BCUT2D eigenvalue weighted by molar-refractivity contribution is 5.69. The van der Waals surface area contributed by atoms with Gasteiger partial charge in [-0.15, -0.1) is 0 Å². The molecule has 0 spiro atoms. The van der Waals surface area contributed by atoms with Crippen LogP contribution in [0.4, 0.5) is 0 Å². The maximum absolute atomic E-state index is 8.20. The fraction of sp³-hybridized carbons (Fsp3) is 0.667. The van der Waals surface area contributed by atoms with Gasteiger partial charge in [0.1, 0.15) is 0 Å². The first-order chi connectivity index (χ1) is 4.93. The van der Waals surface area contributed by atoms with Crippen LogP contribution in [0.3, 0.4) is 0 Å². The fourth-order valence-corrected chi connectivity index (χ4v) is 0.897. The lowest BCUT2D eigenvalue weighted by atomic mass is 10.2. The Morgan fingerprint density at radius 3 is 3.50 bits per heavy atom. The summed E-state index contributed by atoms with van der Waals surface area (Å²) in [5.41, 5.74) is 0. The number of nitrogens with zero attached hydrogens (tertiary/aromatic N) is 2. The predicted octanol–water partition coefficient (Wildman–Crippen LogP) is 0.227. The normalized spacial score (nSPS) is 26.2. The molecule has 0 bridgehead atoms. The molecule has 1 aliphatic heterocycles. The smallest absolute Gasteiger partial charge is 0.0828 e. The first kappa shape index (κ1) is 7.05. The Morgan fingerprint density at radius 1 is 1.80 bits per heavy atom. The molecular formula is C6H11N3O. The standard InChI is InChI=1S/C6H11N3O/c10-9-4-6-2-1-3-7-5-8-6/h4-6,10H,1-3H2,(H,7,8)/b9-4-. The Kier molecular flexibility index (Phi) is 2.73. The van der Waals surface area contributed by atoms with Gasteiger partial charge in [0.05, 0.1) is 18.6 Å². The lowest BCUT2D eigenvalue weighted by molar-refractivity contribution is 0.319. The lowest BCUT2D eigenvalue weighted by Gasteiger charge is -2.05. The second-order valence-corrected chi connectivity index (χ2v) is 2.22. The monoisotopic (exact) mass is 141 g/mol. The van der Waals surface area contributed by atoms with E-state index in [2.05, 4.69) is 15.5 Å². The van der Waals surface area contributed by atoms with Crippen molar-refractivity contribution in [1.29, 1.82) is 0 Å². The van der Waals surface area contributed by atoms with Crippen LogP contribution in [0, 0.1) is 0 Å². The minimum atomic E-state index is 0.149. The van der Waals surface area contributed by atoms with Crippen LogP contribution >= 0.6 is 0 Å². The largest absolute Gasteiger partial charge is 0.411 e. The molecule has 0 fully saturated rings. The van der Waals surface area contributed by atoms with Gasteiger partial charge in [-0.05, 0) is 12.8 Å². The Balaban J connectivity index is 2.37. The third-order valence-electron chi connectivity index (χ3n) is 1.43. The maximum Gasteiger partial charge on any atom is 0.0828 e. The number of nitrogens with one attached hydrogen (secondary N) is 1. The van der Waals surface area contributed by atoms with Crippen LogP contribution in [0.2, 0.25) is 0 Å². The molecule has 1 heterocycles. The number of oxime groups is 1. The van der Waals surface area contributed by atoms with Gasteiger partial charge in [0.2, 0.25) is 0 Å². The van der Waals surface area contributed by atoms with Crippen molar-refractivity contribution in [2.45, 2.75) is 18.9 Å². The fourth-order valence-electron chi connectivity index (χ4n) is 0.897. The van der Waals surface area contributed by atoms with Gasteiger partial charge in [-0.25, -0.2) is 0 Å². The molecule has 1 aliphatic rings. The summed E-state index contributed by atoms with van der Waals surface area (Å²) < 4.78 is 0. The number of rotatable bonds is 1. The highest BCUT2D eigenvalue weighted by atomic mass is 16.4. The minimum absolute atomic E-state index is 0.149. The molecular weight excluding hydrogens is 130 g/mol. The van der Waals surface area contributed by atoms with Crippen LogP contribution in [0.1, 0.15) is 12.8 Å². The quantitative estimate of drug-likeness (QED) is 0.312. The molecule has 4 heteroatoms. The summed E-state index contributed by atoms with van der Waals surface area (Å²) in [6.07, 6.45) is 5.17. The summed E-state index contributed by atoms with van der Waals surface area (Å²) in [4.78, 5) is 4.02. The Morgan fingerprint density at radius 2 is 2.70 bits per heavy atom. The van der Waals surface area contributed by atoms with E-state index < -0.39 is 0 Å². The van der Waals surface area contributed by atoms with Gasteiger partial charge in [-0.1, -0.05) is 5.16 Å². The number of hydrogen-bond acceptors (Lipinski definition) is 4. The third-order valence-corrected chi connectivity index (χ3v) is 1.43. The van der Waals surface area contributed by atoms with E-state index in [0.29, 0.717) is 0 Å². The van der Waals surface area contributed by atoms with E-state index in [1.165, 1.54) is 6.21 Å². The van der Waals surface area contributed by atoms with Crippen LogP contribution in [-0.2, 0) is 0 Å². The third kappa shape index (κ3) is 2.05. The molecule has 10 heavy (non-hydrogen) atoms. The van der Waals surface area contributed by atoms with Crippen LogP contribution in [0.15, 0.2) is 10.1 Å². The Hall–Kier alpha value is -1.06. The van der Waals surface area contributed by atoms with Gasteiger partial charge in [-0.2, -0.15) is 0 Å². The second-order valence-electron chi connectivity index (χ2n) is 2.22. The summed E-state index contributed by atoms with van der Waals surface area (Å²) in [5.74, 6) is 0. The van der Waals surface area contributed by atoms with Crippen molar-refractivity contribution in [3.05, 3.63) is 0 Å². The van der Waals surface area contributed by atoms with Crippen molar-refractivity contribution in [3.8, 4) is 0 Å². The van der Waals surface area contributed by atoms with Gasteiger partial charge in [0.25, 0.3) is 0 Å². The Bertz CT molecular complexity index is 144. The van der Waals surface area contributed by atoms with Crippen molar-refractivity contribution in [2.75, 3.05) is 6.54 Å². The van der Waals surface area contributed by atoms with E-state index in [1.54, 1.807) is 6.34 Å². The molecule has 4 nitrogen and oxygen atoms in total. The van der Waals surface area contributed by atoms with Crippen LogP contribution in [0.25, 0.3) is 0 Å². The van der Waals surface area contributed by atoms with Crippen LogP contribution < -0.4 is 5.32 Å². The first-order valence-electron chi connectivity index (χ1n) is 3.35. The summed E-state index contributed by atoms with van der Waals surface area (Å²) in [6.45, 7) is 0.864. The average Bonchev–Trinajstić information content (AvgIpc) is 2.17. The van der Waals surface area contributed by atoms with Gasteiger partial charge in [0, 0.05) is 6.54 Å². The van der Waals surface area contributed by atoms with Crippen molar-refractivity contribution in [2.24, 2.45) is 10.1 Å². The topological polar surface area (TPSA) is 57.0 Å². The molecule has 0 saturated carbocycles. The molecule has 0 saturated heterocycles. The molecule has 0 aromatic carbocycles. The van der Waals surface area contributed by atoms with Crippen molar-refractivity contribution < 1.29 is 5.21 Å². The molecule has 0 aromatic heterocycles. The first-order valence-corrected chi connectivity index (χ1v) is 3.35. The van der Waals surface area contributed by atoms with E-state index in [4.69, 9.17) is 5.21 Å². The molecule has 0 aliphatic carbocycles.